The highest BCUT2D eigenvalue weighted by atomic mass is 16.5. The Bertz CT molecular complexity index is 858. The summed E-state index contributed by atoms with van der Waals surface area (Å²) in [6, 6.07) is 11.7. The highest BCUT2D eigenvalue weighted by Crippen LogP contribution is 2.59. The van der Waals surface area contributed by atoms with Gasteiger partial charge in [0.25, 0.3) is 0 Å². The Morgan fingerprint density at radius 1 is 1.22 bits per heavy atom. The average Bonchev–Trinajstić information content (AvgIpc) is 2.69. The first-order chi connectivity index (χ1) is 12.9. The quantitative estimate of drug-likeness (QED) is 0.847. The van der Waals surface area contributed by atoms with Crippen LogP contribution in [0.1, 0.15) is 37.7 Å². The molecule has 0 amide bonds. The van der Waals surface area contributed by atoms with E-state index >= 15 is 0 Å². The summed E-state index contributed by atoms with van der Waals surface area (Å²) in [5, 5.41) is 39.3. The maximum absolute atomic E-state index is 12.8. The van der Waals surface area contributed by atoms with E-state index in [9.17, 15) is 30.5 Å². The number of benzene rings is 1. The van der Waals surface area contributed by atoms with Gasteiger partial charge in [-0.3, -0.25) is 9.59 Å². The number of nitrogens with zero attached hydrogens (tertiary/aromatic N) is 3. The lowest BCUT2D eigenvalue weighted by molar-refractivity contribution is -0.157. The lowest BCUT2D eigenvalue weighted by Crippen LogP contribution is -2.57. The zero-order chi connectivity index (χ0) is 20.2. The van der Waals surface area contributed by atoms with Crippen LogP contribution in [0.2, 0.25) is 0 Å². The van der Waals surface area contributed by atoms with Crippen molar-refractivity contribution in [1.29, 1.82) is 15.8 Å². The molecule has 0 saturated heterocycles. The maximum Gasteiger partial charge on any atom is 0.327 e. The van der Waals surface area contributed by atoms with Crippen molar-refractivity contribution in [1.82, 2.24) is 0 Å². The summed E-state index contributed by atoms with van der Waals surface area (Å²) >= 11 is 0. The van der Waals surface area contributed by atoms with Gasteiger partial charge < -0.3 is 9.84 Å². The fraction of sp³-hybridized carbons (Fsp3) is 0.450. The summed E-state index contributed by atoms with van der Waals surface area (Å²) in [5.41, 5.74) is -4.16. The fourth-order valence-electron chi connectivity index (χ4n) is 3.99. The van der Waals surface area contributed by atoms with E-state index in [0.717, 1.165) is 0 Å². The van der Waals surface area contributed by atoms with Crippen molar-refractivity contribution in [3.05, 3.63) is 29.8 Å². The van der Waals surface area contributed by atoms with E-state index in [0.29, 0.717) is 24.2 Å². The molecule has 2 rings (SSSR count). The van der Waals surface area contributed by atoms with E-state index in [4.69, 9.17) is 4.74 Å². The molecule has 0 bridgehead atoms. The molecule has 1 aliphatic rings. The molecule has 1 N–H and O–H groups in total. The number of nitriles is 3. The monoisotopic (exact) mass is 365 g/mol. The minimum atomic E-state index is -2.43. The fourth-order valence-corrected chi connectivity index (χ4v) is 3.99. The van der Waals surface area contributed by atoms with Crippen LogP contribution < -0.4 is 4.74 Å². The number of carbonyl (C=O) groups is 2. The summed E-state index contributed by atoms with van der Waals surface area (Å²) in [4.78, 5) is 24.9. The van der Waals surface area contributed by atoms with Gasteiger partial charge in [0.1, 0.15) is 11.5 Å². The van der Waals surface area contributed by atoms with Gasteiger partial charge in [0.2, 0.25) is 0 Å². The van der Waals surface area contributed by atoms with E-state index in [-0.39, 0.29) is 0 Å². The first-order valence-corrected chi connectivity index (χ1v) is 8.51. The first kappa shape index (κ1) is 19.9. The molecule has 0 aromatic heterocycles. The maximum atomic E-state index is 12.8. The number of aliphatic carboxylic acids is 1. The second kappa shape index (κ2) is 7.48. The Labute approximate surface area is 157 Å². The number of ketones is 1. The van der Waals surface area contributed by atoms with Crippen LogP contribution in [0.25, 0.3) is 0 Å². The number of carboxylic acids is 1. The molecule has 0 aliphatic heterocycles. The van der Waals surface area contributed by atoms with Gasteiger partial charge in [0.05, 0.1) is 25.3 Å². The summed E-state index contributed by atoms with van der Waals surface area (Å²) < 4.78 is 5.11. The first-order valence-electron chi connectivity index (χ1n) is 8.51. The number of carbonyl (C=O) groups excluding carboxylic acids is 1. The number of hydrogen-bond donors (Lipinski definition) is 1. The number of ether oxygens (including phenoxy) is 1. The standard InChI is InChI=1S/C20H19N3O4/c1-3-4-15-16(24)9-19(10-21,18(25)26)20(11-22,12-23)17(15)13-5-7-14(27-2)8-6-13/h5-8,15,17H,3-4,9H2,1-2H3,(H,25,26). The number of carboxylic acid groups (broad SMARTS) is 1. The molecule has 1 fully saturated rings. The molecule has 138 valence electrons. The third-order valence-electron chi connectivity index (χ3n) is 5.38. The van der Waals surface area contributed by atoms with Crippen LogP contribution in [-0.4, -0.2) is 24.0 Å². The molecule has 0 radical (unpaired) electrons. The highest BCUT2D eigenvalue weighted by Gasteiger charge is 2.69. The van der Waals surface area contributed by atoms with Gasteiger partial charge in [-0.05, 0) is 24.1 Å². The van der Waals surface area contributed by atoms with Gasteiger partial charge in [-0.1, -0.05) is 25.5 Å². The van der Waals surface area contributed by atoms with Crippen molar-refractivity contribution >= 4 is 11.8 Å². The lowest BCUT2D eigenvalue weighted by Gasteiger charge is -2.46. The van der Waals surface area contributed by atoms with Gasteiger partial charge in [0.15, 0.2) is 10.8 Å². The van der Waals surface area contributed by atoms with Gasteiger partial charge in [0, 0.05) is 18.3 Å². The second-order valence-corrected chi connectivity index (χ2v) is 6.64. The van der Waals surface area contributed by atoms with E-state index in [2.05, 4.69) is 0 Å². The minimum absolute atomic E-state index is 0.391. The molecule has 7 heteroatoms. The molecule has 27 heavy (non-hydrogen) atoms. The predicted octanol–water partition coefficient (Wildman–Crippen LogP) is 2.80. The summed E-state index contributed by atoms with van der Waals surface area (Å²) in [6.07, 6.45) is 0.349. The van der Waals surface area contributed by atoms with Gasteiger partial charge in [-0.15, -0.1) is 0 Å². The molecular formula is C20H19N3O4. The zero-order valence-corrected chi connectivity index (χ0v) is 15.1. The summed E-state index contributed by atoms with van der Waals surface area (Å²) in [6.45, 7) is 1.86. The Hall–Kier alpha value is -3.37. The lowest BCUT2D eigenvalue weighted by atomic mass is 9.48. The predicted molar refractivity (Wildman–Crippen MR) is 93.1 cm³/mol. The van der Waals surface area contributed by atoms with Crippen LogP contribution in [0.15, 0.2) is 24.3 Å². The van der Waals surface area contributed by atoms with E-state index in [1.54, 1.807) is 30.3 Å². The molecule has 3 unspecified atom stereocenters. The average molecular weight is 365 g/mol. The largest absolute Gasteiger partial charge is 0.497 e. The smallest absolute Gasteiger partial charge is 0.327 e. The van der Waals surface area contributed by atoms with Crippen molar-refractivity contribution in [3.8, 4) is 24.0 Å². The van der Waals surface area contributed by atoms with Crippen LogP contribution in [-0.2, 0) is 9.59 Å². The molecule has 1 aromatic rings. The third kappa shape index (κ3) is 2.80. The van der Waals surface area contributed by atoms with Crippen LogP contribution in [0.5, 0.6) is 5.75 Å². The molecular weight excluding hydrogens is 346 g/mol. The van der Waals surface area contributed by atoms with Crippen molar-refractivity contribution < 1.29 is 19.4 Å². The van der Waals surface area contributed by atoms with E-state index in [1.807, 2.05) is 19.1 Å². The Morgan fingerprint density at radius 3 is 2.22 bits per heavy atom. The van der Waals surface area contributed by atoms with Crippen molar-refractivity contribution in [2.24, 2.45) is 16.7 Å². The molecule has 3 atom stereocenters. The normalized spacial score (nSPS) is 26.3. The SMILES string of the molecule is CCCC1C(=O)CC(C#N)(C(=O)O)C(C#N)(C#N)C1c1ccc(OC)cc1. The minimum Gasteiger partial charge on any atom is -0.497 e. The Balaban J connectivity index is 2.82. The van der Waals surface area contributed by atoms with Crippen molar-refractivity contribution in [2.45, 2.75) is 32.1 Å². The second-order valence-electron chi connectivity index (χ2n) is 6.64. The number of hydrogen-bond acceptors (Lipinski definition) is 6. The summed E-state index contributed by atoms with van der Waals surface area (Å²) in [7, 11) is 1.49. The van der Waals surface area contributed by atoms with Crippen LogP contribution in [0.4, 0.5) is 0 Å². The van der Waals surface area contributed by atoms with Crippen LogP contribution in [0.3, 0.4) is 0 Å². The van der Waals surface area contributed by atoms with Crippen LogP contribution >= 0.6 is 0 Å². The number of methoxy groups -OCH3 is 1. The number of Topliss-reactive ketones (excluding diaryl/α,β-unsaturated/α-hetero) is 1. The molecule has 1 aliphatic carbocycles. The molecule has 7 nitrogen and oxygen atoms in total. The van der Waals surface area contributed by atoms with Gasteiger partial charge in [-0.25, -0.2) is 0 Å². The topological polar surface area (TPSA) is 135 Å². The highest BCUT2D eigenvalue weighted by molar-refractivity contribution is 5.94. The van der Waals surface area contributed by atoms with E-state index < -0.39 is 40.8 Å². The van der Waals surface area contributed by atoms with E-state index in [1.165, 1.54) is 7.11 Å². The zero-order valence-electron chi connectivity index (χ0n) is 15.1. The molecule has 1 saturated carbocycles. The number of rotatable bonds is 5. The third-order valence-corrected chi connectivity index (χ3v) is 5.38. The van der Waals surface area contributed by atoms with Crippen LogP contribution in [0, 0.1) is 50.7 Å². The summed E-state index contributed by atoms with van der Waals surface area (Å²) in [5.74, 6) is -3.26. The molecule has 0 spiro atoms. The molecule has 1 aromatic carbocycles. The Morgan fingerprint density at radius 2 is 1.81 bits per heavy atom. The van der Waals surface area contributed by atoms with Gasteiger partial charge in [-0.2, -0.15) is 15.8 Å². The Kier molecular flexibility index (Phi) is 5.52. The molecule has 0 heterocycles. The van der Waals surface area contributed by atoms with Crippen molar-refractivity contribution in [2.75, 3.05) is 7.11 Å². The van der Waals surface area contributed by atoms with Crippen molar-refractivity contribution in [3.63, 3.8) is 0 Å². The van der Waals surface area contributed by atoms with Gasteiger partial charge >= 0.3 is 5.97 Å².